The van der Waals surface area contributed by atoms with Crippen LogP contribution in [-0.4, -0.2) is 36.6 Å². The Bertz CT molecular complexity index is 1830. The molecule has 2 heterocycles. The first kappa shape index (κ1) is 26.4. The van der Waals surface area contributed by atoms with Crippen LogP contribution in [0.25, 0.3) is 27.7 Å². The number of aromatic nitrogens is 3. The van der Waals surface area contributed by atoms with Gasteiger partial charge in [0, 0.05) is 36.8 Å². The van der Waals surface area contributed by atoms with Crippen LogP contribution in [0.1, 0.15) is 5.69 Å². The number of allylic oxidation sites excluding steroid dienone is 1. The molecule has 0 aliphatic heterocycles. The van der Waals surface area contributed by atoms with Crippen molar-refractivity contribution in [1.29, 1.82) is 5.41 Å². The maximum atomic E-state index is 13.1. The van der Waals surface area contributed by atoms with Gasteiger partial charge in [0.2, 0.25) is 0 Å². The van der Waals surface area contributed by atoms with E-state index in [9.17, 15) is 12.8 Å². The van der Waals surface area contributed by atoms with E-state index in [1.54, 1.807) is 31.7 Å². The Morgan fingerprint density at radius 3 is 2.33 bits per heavy atom. The second-order valence-corrected chi connectivity index (χ2v) is 10.3. The monoisotopic (exact) mass is 554 g/mol. The molecule has 0 fully saturated rings. The lowest BCUT2D eigenvalue weighted by Crippen LogP contribution is -2.13. The Kier molecular flexibility index (Phi) is 7.47. The van der Waals surface area contributed by atoms with Crippen LogP contribution in [0.2, 0.25) is 0 Å². The van der Waals surface area contributed by atoms with Gasteiger partial charge in [0.05, 0.1) is 39.7 Å². The Labute approximate surface area is 230 Å². The molecule has 0 saturated heterocycles. The van der Waals surface area contributed by atoms with Crippen molar-refractivity contribution in [3.05, 3.63) is 109 Å². The molecule has 40 heavy (non-hydrogen) atoms. The van der Waals surface area contributed by atoms with Crippen LogP contribution in [0.15, 0.2) is 102 Å². The van der Waals surface area contributed by atoms with Crippen LogP contribution < -0.4 is 14.8 Å². The van der Waals surface area contributed by atoms with E-state index in [-0.39, 0.29) is 16.4 Å². The molecule has 0 spiro atoms. The van der Waals surface area contributed by atoms with Crippen LogP contribution in [0.4, 0.5) is 10.1 Å². The SMILES string of the molecule is CN/C=C(\C=N)c1cnc2ccc(-c3cncc(NS(=O)(=O)c4ccc(Oc5ccc(F)cc5)cc4)c3)cc2n1. The Hall–Kier alpha value is -5.16. The van der Waals surface area contributed by atoms with E-state index in [1.165, 1.54) is 60.9 Å². The van der Waals surface area contributed by atoms with E-state index in [2.05, 4.69) is 25.0 Å². The number of fused-ring (bicyclic) bond motifs is 1. The van der Waals surface area contributed by atoms with Crippen molar-refractivity contribution in [3.63, 3.8) is 0 Å². The first-order valence-electron chi connectivity index (χ1n) is 12.0. The van der Waals surface area contributed by atoms with Crippen molar-refractivity contribution in [2.75, 3.05) is 11.8 Å². The molecule has 0 atom stereocenters. The summed E-state index contributed by atoms with van der Waals surface area (Å²) in [5.41, 5.74) is 4.15. The second kappa shape index (κ2) is 11.3. The summed E-state index contributed by atoms with van der Waals surface area (Å²) in [4.78, 5) is 13.3. The predicted molar refractivity (Wildman–Crippen MR) is 152 cm³/mol. The maximum Gasteiger partial charge on any atom is 0.261 e. The van der Waals surface area contributed by atoms with Gasteiger partial charge in [0.15, 0.2) is 0 Å². The molecule has 0 unspecified atom stereocenters. The number of benzene rings is 3. The van der Waals surface area contributed by atoms with Gasteiger partial charge in [-0.15, -0.1) is 0 Å². The van der Waals surface area contributed by atoms with E-state index in [4.69, 9.17) is 10.1 Å². The van der Waals surface area contributed by atoms with Crippen molar-refractivity contribution >= 4 is 38.5 Å². The number of nitrogens with zero attached hydrogens (tertiary/aromatic N) is 3. The summed E-state index contributed by atoms with van der Waals surface area (Å²) in [6, 6.07) is 18.6. The lowest BCUT2D eigenvalue weighted by molar-refractivity contribution is 0.480. The van der Waals surface area contributed by atoms with Gasteiger partial charge in [-0.25, -0.2) is 17.8 Å². The molecular weight excluding hydrogens is 531 g/mol. The van der Waals surface area contributed by atoms with Gasteiger partial charge in [-0.3, -0.25) is 14.7 Å². The fourth-order valence-corrected chi connectivity index (χ4v) is 4.90. The zero-order valence-corrected chi connectivity index (χ0v) is 22.0. The van der Waals surface area contributed by atoms with E-state index in [1.807, 2.05) is 18.2 Å². The van der Waals surface area contributed by atoms with Crippen molar-refractivity contribution in [2.45, 2.75) is 4.90 Å². The number of nitrogens with one attached hydrogen (secondary N) is 3. The highest BCUT2D eigenvalue weighted by Gasteiger charge is 2.15. The van der Waals surface area contributed by atoms with Crippen molar-refractivity contribution < 1.29 is 17.5 Å². The topological polar surface area (TPSA) is 130 Å². The van der Waals surface area contributed by atoms with Crippen LogP contribution in [0, 0.1) is 11.2 Å². The standard InChI is InChI=1S/C29H23FN6O3S/c1-32-15-21(14-31)29-18-34-27-11-2-19(13-28(27)35-29)20-12-23(17-33-16-20)36-40(37,38)26-9-7-25(8-10-26)39-24-5-3-22(30)4-6-24/h2-18,31-32,36H,1H3/b21-15+,31-14?. The van der Waals surface area contributed by atoms with Crippen LogP contribution in [0.3, 0.4) is 0 Å². The van der Waals surface area contributed by atoms with Crippen molar-refractivity contribution in [3.8, 4) is 22.6 Å². The molecule has 0 radical (unpaired) electrons. The molecule has 9 nitrogen and oxygen atoms in total. The third-order valence-electron chi connectivity index (χ3n) is 5.80. The number of halogens is 1. The van der Waals surface area contributed by atoms with Crippen molar-refractivity contribution in [1.82, 2.24) is 20.3 Å². The van der Waals surface area contributed by atoms with Gasteiger partial charge < -0.3 is 15.5 Å². The maximum absolute atomic E-state index is 13.1. The lowest BCUT2D eigenvalue weighted by Gasteiger charge is -2.11. The minimum absolute atomic E-state index is 0.0366. The highest BCUT2D eigenvalue weighted by molar-refractivity contribution is 7.92. The van der Waals surface area contributed by atoms with Gasteiger partial charge in [0.1, 0.15) is 17.3 Å². The van der Waals surface area contributed by atoms with E-state index < -0.39 is 10.0 Å². The summed E-state index contributed by atoms with van der Waals surface area (Å²) in [5, 5.41) is 10.5. The van der Waals surface area contributed by atoms with E-state index >= 15 is 0 Å². The number of pyridine rings is 1. The second-order valence-electron chi connectivity index (χ2n) is 8.59. The molecule has 0 bridgehead atoms. The molecule has 3 N–H and O–H groups in total. The number of rotatable bonds is 9. The van der Waals surface area contributed by atoms with Crippen molar-refractivity contribution in [2.24, 2.45) is 0 Å². The third-order valence-corrected chi connectivity index (χ3v) is 7.20. The zero-order valence-electron chi connectivity index (χ0n) is 21.2. The number of ether oxygens (including phenoxy) is 1. The molecule has 3 aromatic carbocycles. The normalized spacial score (nSPS) is 11.7. The summed E-state index contributed by atoms with van der Waals surface area (Å²) >= 11 is 0. The molecule has 2 aromatic heterocycles. The summed E-state index contributed by atoms with van der Waals surface area (Å²) in [6.45, 7) is 0. The minimum Gasteiger partial charge on any atom is -0.457 e. The average molecular weight is 555 g/mol. The van der Waals surface area contributed by atoms with Crippen LogP contribution in [0.5, 0.6) is 11.5 Å². The number of hydrogen-bond acceptors (Lipinski definition) is 8. The number of hydrogen-bond donors (Lipinski definition) is 3. The molecule has 200 valence electrons. The number of anilines is 1. The fraction of sp³-hybridized carbons (Fsp3) is 0.0345. The van der Waals surface area contributed by atoms with Gasteiger partial charge in [-0.1, -0.05) is 6.07 Å². The molecule has 11 heteroatoms. The van der Waals surface area contributed by atoms with E-state index in [0.717, 1.165) is 5.56 Å². The molecule has 0 amide bonds. The Balaban J connectivity index is 1.36. The summed E-state index contributed by atoms with van der Waals surface area (Å²) in [5.74, 6) is 0.460. The van der Waals surface area contributed by atoms with Gasteiger partial charge >= 0.3 is 0 Å². The average Bonchev–Trinajstić information content (AvgIpc) is 2.97. The zero-order chi connectivity index (χ0) is 28.1. The minimum atomic E-state index is -3.92. The Morgan fingerprint density at radius 2 is 1.62 bits per heavy atom. The summed E-state index contributed by atoms with van der Waals surface area (Å²) < 4.78 is 47.4. The highest BCUT2D eigenvalue weighted by Crippen LogP contribution is 2.27. The van der Waals surface area contributed by atoms with Gasteiger partial charge in [-0.2, -0.15) is 0 Å². The third kappa shape index (κ3) is 5.94. The molecule has 0 saturated carbocycles. The number of sulfonamides is 1. The van der Waals surface area contributed by atoms with Gasteiger partial charge in [0.25, 0.3) is 10.0 Å². The van der Waals surface area contributed by atoms with Gasteiger partial charge in [-0.05, 0) is 72.3 Å². The highest BCUT2D eigenvalue weighted by atomic mass is 32.2. The Morgan fingerprint density at radius 1 is 0.900 bits per heavy atom. The predicted octanol–water partition coefficient (Wildman–Crippen LogP) is 5.63. The smallest absolute Gasteiger partial charge is 0.261 e. The quantitative estimate of drug-likeness (QED) is 0.201. The van der Waals surface area contributed by atoms with Crippen LogP contribution in [-0.2, 0) is 10.0 Å². The molecule has 0 aliphatic carbocycles. The van der Waals surface area contributed by atoms with Crippen LogP contribution >= 0.6 is 0 Å². The molecule has 5 aromatic rings. The molecular formula is C29H23FN6O3S. The summed E-state index contributed by atoms with van der Waals surface area (Å²) in [7, 11) is -2.18. The fourth-order valence-electron chi connectivity index (χ4n) is 3.87. The largest absolute Gasteiger partial charge is 0.457 e. The first-order valence-corrected chi connectivity index (χ1v) is 13.5. The molecule has 0 aliphatic rings. The summed E-state index contributed by atoms with van der Waals surface area (Å²) in [6.07, 6.45) is 7.52. The first-order chi connectivity index (χ1) is 19.3. The molecule has 5 rings (SSSR count). The lowest BCUT2D eigenvalue weighted by atomic mass is 10.1. The van der Waals surface area contributed by atoms with E-state index in [0.29, 0.717) is 39.4 Å².